The SMILES string of the molecule is CCNC(=NCc1ccc(OC)c(Br)c1)NCCC(=O)N(CC)CC. The predicted molar refractivity (Wildman–Crippen MR) is 106 cm³/mol. The molecule has 0 saturated carbocycles. The number of carbonyl (C=O) groups is 1. The van der Waals surface area contributed by atoms with E-state index in [0.717, 1.165) is 35.4 Å². The van der Waals surface area contributed by atoms with Gasteiger partial charge in [0.05, 0.1) is 18.1 Å². The van der Waals surface area contributed by atoms with Crippen molar-refractivity contribution in [3.05, 3.63) is 28.2 Å². The van der Waals surface area contributed by atoms with Gasteiger partial charge in [-0.2, -0.15) is 0 Å². The van der Waals surface area contributed by atoms with Crippen LogP contribution in [0.4, 0.5) is 0 Å². The van der Waals surface area contributed by atoms with Crippen molar-refractivity contribution in [2.45, 2.75) is 33.7 Å². The van der Waals surface area contributed by atoms with E-state index in [1.54, 1.807) is 7.11 Å². The zero-order valence-corrected chi connectivity index (χ0v) is 17.1. The Balaban J connectivity index is 2.59. The van der Waals surface area contributed by atoms with Crippen LogP contribution in [-0.4, -0.2) is 50.1 Å². The molecule has 1 aromatic carbocycles. The van der Waals surface area contributed by atoms with E-state index in [-0.39, 0.29) is 5.91 Å². The van der Waals surface area contributed by atoms with Gasteiger partial charge in [-0.25, -0.2) is 4.99 Å². The molecule has 0 aromatic heterocycles. The van der Waals surface area contributed by atoms with Crippen molar-refractivity contribution in [1.29, 1.82) is 0 Å². The first-order valence-electron chi connectivity index (χ1n) is 8.67. The van der Waals surface area contributed by atoms with Crippen LogP contribution >= 0.6 is 15.9 Å². The minimum absolute atomic E-state index is 0.160. The van der Waals surface area contributed by atoms with Gasteiger partial charge < -0.3 is 20.3 Å². The minimum atomic E-state index is 0.160. The van der Waals surface area contributed by atoms with E-state index in [4.69, 9.17) is 4.74 Å². The summed E-state index contributed by atoms with van der Waals surface area (Å²) in [6.07, 6.45) is 0.459. The van der Waals surface area contributed by atoms with Gasteiger partial charge in [-0.15, -0.1) is 0 Å². The smallest absolute Gasteiger partial charge is 0.224 e. The highest BCUT2D eigenvalue weighted by Crippen LogP contribution is 2.25. The number of ether oxygens (including phenoxy) is 1. The number of rotatable bonds is 9. The van der Waals surface area contributed by atoms with E-state index in [2.05, 4.69) is 31.6 Å². The highest BCUT2D eigenvalue weighted by Gasteiger charge is 2.09. The number of hydrogen-bond donors (Lipinski definition) is 2. The fourth-order valence-corrected chi connectivity index (χ4v) is 2.93. The monoisotopic (exact) mass is 412 g/mol. The molecule has 140 valence electrons. The molecule has 0 saturated heterocycles. The number of nitrogens with one attached hydrogen (secondary N) is 2. The molecule has 0 aliphatic heterocycles. The number of halogens is 1. The van der Waals surface area contributed by atoms with Crippen molar-refractivity contribution in [2.24, 2.45) is 4.99 Å². The van der Waals surface area contributed by atoms with Crippen molar-refractivity contribution < 1.29 is 9.53 Å². The molecule has 0 heterocycles. The van der Waals surface area contributed by atoms with Gasteiger partial charge in [0.1, 0.15) is 5.75 Å². The second-order valence-electron chi connectivity index (χ2n) is 5.41. The van der Waals surface area contributed by atoms with Crippen LogP contribution in [0.2, 0.25) is 0 Å². The average Bonchev–Trinajstić information content (AvgIpc) is 2.60. The third-order valence-corrected chi connectivity index (χ3v) is 4.35. The quantitative estimate of drug-likeness (QED) is 0.483. The van der Waals surface area contributed by atoms with E-state index < -0.39 is 0 Å². The van der Waals surface area contributed by atoms with Gasteiger partial charge in [-0.3, -0.25) is 4.79 Å². The zero-order valence-electron chi connectivity index (χ0n) is 15.6. The summed E-state index contributed by atoms with van der Waals surface area (Å²) in [4.78, 5) is 18.4. The fraction of sp³-hybridized carbons (Fsp3) is 0.556. The topological polar surface area (TPSA) is 66.0 Å². The van der Waals surface area contributed by atoms with Gasteiger partial charge in [0.25, 0.3) is 0 Å². The maximum atomic E-state index is 12.0. The molecule has 7 heteroatoms. The van der Waals surface area contributed by atoms with E-state index >= 15 is 0 Å². The molecular weight excluding hydrogens is 384 g/mol. The van der Waals surface area contributed by atoms with Crippen LogP contribution in [0, 0.1) is 0 Å². The highest BCUT2D eigenvalue weighted by atomic mass is 79.9. The van der Waals surface area contributed by atoms with Crippen LogP contribution in [0.15, 0.2) is 27.7 Å². The molecule has 0 fully saturated rings. The normalized spacial score (nSPS) is 11.2. The molecule has 1 aromatic rings. The van der Waals surface area contributed by atoms with Crippen LogP contribution in [0.3, 0.4) is 0 Å². The average molecular weight is 413 g/mol. The maximum absolute atomic E-state index is 12.0. The zero-order chi connectivity index (χ0) is 18.7. The van der Waals surface area contributed by atoms with Gasteiger partial charge in [-0.05, 0) is 54.4 Å². The first-order valence-corrected chi connectivity index (χ1v) is 9.47. The molecule has 0 atom stereocenters. The van der Waals surface area contributed by atoms with E-state index in [0.29, 0.717) is 25.5 Å². The van der Waals surface area contributed by atoms with E-state index in [1.165, 1.54) is 0 Å². The number of amides is 1. The first-order chi connectivity index (χ1) is 12.0. The molecular formula is C18H29BrN4O2. The van der Waals surface area contributed by atoms with Crippen LogP contribution in [0.5, 0.6) is 5.75 Å². The number of hydrogen-bond acceptors (Lipinski definition) is 3. The largest absolute Gasteiger partial charge is 0.496 e. The summed E-state index contributed by atoms with van der Waals surface area (Å²) in [6, 6.07) is 5.90. The van der Waals surface area contributed by atoms with Gasteiger partial charge in [0.2, 0.25) is 5.91 Å². The van der Waals surface area contributed by atoms with Crippen LogP contribution < -0.4 is 15.4 Å². The minimum Gasteiger partial charge on any atom is -0.496 e. The van der Waals surface area contributed by atoms with Crippen molar-refractivity contribution in [3.8, 4) is 5.75 Å². The molecule has 1 rings (SSSR count). The fourth-order valence-electron chi connectivity index (χ4n) is 2.34. The summed E-state index contributed by atoms with van der Waals surface area (Å²) >= 11 is 3.48. The Morgan fingerprint density at radius 2 is 1.96 bits per heavy atom. The molecule has 25 heavy (non-hydrogen) atoms. The lowest BCUT2D eigenvalue weighted by Crippen LogP contribution is -2.40. The molecule has 6 nitrogen and oxygen atoms in total. The molecule has 1 amide bonds. The van der Waals surface area contributed by atoms with E-state index in [1.807, 2.05) is 43.9 Å². The van der Waals surface area contributed by atoms with Crippen LogP contribution in [0.25, 0.3) is 0 Å². The summed E-state index contributed by atoms with van der Waals surface area (Å²) in [5, 5.41) is 6.42. The standard InChI is InChI=1S/C18H29BrN4O2/c1-5-20-18(21-11-10-17(24)23(6-2)7-3)22-13-14-8-9-16(25-4)15(19)12-14/h8-9,12H,5-7,10-11,13H2,1-4H3,(H2,20,21,22). The molecule has 0 unspecified atom stereocenters. The summed E-state index contributed by atoms with van der Waals surface area (Å²) in [7, 11) is 1.64. The van der Waals surface area contributed by atoms with Crippen LogP contribution in [0.1, 0.15) is 32.8 Å². The first kappa shape index (κ1) is 21.3. The van der Waals surface area contributed by atoms with Crippen LogP contribution in [-0.2, 0) is 11.3 Å². The van der Waals surface area contributed by atoms with Crippen molar-refractivity contribution in [2.75, 3.05) is 33.3 Å². The predicted octanol–water partition coefficient (Wildman–Crippen LogP) is 2.77. The summed E-state index contributed by atoms with van der Waals surface area (Å²) in [5.41, 5.74) is 1.07. The summed E-state index contributed by atoms with van der Waals surface area (Å²) in [6.45, 7) is 9.37. The number of aliphatic imine (C=N–C) groups is 1. The summed E-state index contributed by atoms with van der Waals surface area (Å²) in [5.74, 6) is 1.67. The lowest BCUT2D eigenvalue weighted by Gasteiger charge is -2.19. The number of guanidine groups is 1. The van der Waals surface area contributed by atoms with Gasteiger partial charge in [-0.1, -0.05) is 6.07 Å². The number of methoxy groups -OCH3 is 1. The summed E-state index contributed by atoms with van der Waals surface area (Å²) < 4.78 is 6.14. The third-order valence-electron chi connectivity index (χ3n) is 3.73. The Kier molecular flexibility index (Phi) is 9.99. The lowest BCUT2D eigenvalue weighted by molar-refractivity contribution is -0.130. The maximum Gasteiger partial charge on any atom is 0.224 e. The molecule has 0 bridgehead atoms. The molecule has 0 spiro atoms. The Hall–Kier alpha value is -1.76. The number of carbonyl (C=O) groups excluding carboxylic acids is 1. The Bertz CT molecular complexity index is 574. The Labute approximate surface area is 159 Å². The van der Waals surface area contributed by atoms with Gasteiger partial charge in [0, 0.05) is 32.6 Å². The van der Waals surface area contributed by atoms with Crippen molar-refractivity contribution >= 4 is 27.8 Å². The Morgan fingerprint density at radius 3 is 2.52 bits per heavy atom. The number of benzene rings is 1. The number of nitrogens with zero attached hydrogens (tertiary/aromatic N) is 2. The van der Waals surface area contributed by atoms with Gasteiger partial charge in [0.15, 0.2) is 5.96 Å². The molecule has 0 radical (unpaired) electrons. The third kappa shape index (κ3) is 7.34. The Morgan fingerprint density at radius 1 is 1.24 bits per heavy atom. The lowest BCUT2D eigenvalue weighted by atomic mass is 10.2. The second kappa shape index (κ2) is 11.7. The molecule has 0 aliphatic carbocycles. The van der Waals surface area contributed by atoms with E-state index in [9.17, 15) is 4.79 Å². The molecule has 2 N–H and O–H groups in total. The van der Waals surface area contributed by atoms with Crippen molar-refractivity contribution in [3.63, 3.8) is 0 Å². The van der Waals surface area contributed by atoms with Crippen molar-refractivity contribution in [1.82, 2.24) is 15.5 Å². The highest BCUT2D eigenvalue weighted by molar-refractivity contribution is 9.10. The second-order valence-corrected chi connectivity index (χ2v) is 6.26. The molecule has 0 aliphatic rings. The van der Waals surface area contributed by atoms with Gasteiger partial charge >= 0.3 is 0 Å².